The van der Waals surface area contributed by atoms with E-state index in [9.17, 15) is 9.59 Å². The molecule has 5 nitrogen and oxygen atoms in total. The van der Waals surface area contributed by atoms with Crippen molar-refractivity contribution in [2.24, 2.45) is 0 Å². The second-order valence-electron chi connectivity index (χ2n) is 6.74. The number of nitrogens with zero attached hydrogens (tertiary/aromatic N) is 2. The number of hydrogen-bond donors (Lipinski definition) is 1. The van der Waals surface area contributed by atoms with Gasteiger partial charge in [0.1, 0.15) is 10.7 Å². The van der Waals surface area contributed by atoms with Crippen molar-refractivity contribution in [1.82, 2.24) is 9.55 Å². The first-order valence-corrected chi connectivity index (χ1v) is 9.71. The van der Waals surface area contributed by atoms with E-state index in [0.29, 0.717) is 18.8 Å². The minimum absolute atomic E-state index is 0.0296. The SMILES string of the molecule is Cc1ccccc1-c1nc2sc3c(c2c(=O)n1CCCC(=O)O)CCC3. The molecule has 0 atom stereocenters. The van der Waals surface area contributed by atoms with Crippen LogP contribution in [0.2, 0.25) is 0 Å². The van der Waals surface area contributed by atoms with Crippen molar-refractivity contribution in [1.29, 1.82) is 0 Å². The zero-order valence-corrected chi connectivity index (χ0v) is 15.4. The molecule has 26 heavy (non-hydrogen) atoms. The summed E-state index contributed by atoms with van der Waals surface area (Å²) in [7, 11) is 0. The molecule has 0 saturated carbocycles. The summed E-state index contributed by atoms with van der Waals surface area (Å²) >= 11 is 1.63. The maximum Gasteiger partial charge on any atom is 0.303 e. The van der Waals surface area contributed by atoms with Gasteiger partial charge >= 0.3 is 5.97 Å². The van der Waals surface area contributed by atoms with Crippen molar-refractivity contribution in [3.05, 3.63) is 50.6 Å². The minimum Gasteiger partial charge on any atom is -0.481 e. The molecule has 0 radical (unpaired) electrons. The molecule has 0 spiro atoms. The van der Waals surface area contributed by atoms with Gasteiger partial charge in [-0.1, -0.05) is 24.3 Å². The number of hydrogen-bond acceptors (Lipinski definition) is 4. The monoisotopic (exact) mass is 368 g/mol. The average molecular weight is 368 g/mol. The highest BCUT2D eigenvalue weighted by Crippen LogP contribution is 2.36. The molecule has 1 aliphatic rings. The summed E-state index contributed by atoms with van der Waals surface area (Å²) in [6.07, 6.45) is 3.50. The Balaban J connectivity index is 1.92. The van der Waals surface area contributed by atoms with Crippen LogP contribution in [0.3, 0.4) is 0 Å². The van der Waals surface area contributed by atoms with Gasteiger partial charge in [-0.3, -0.25) is 14.2 Å². The number of aryl methyl sites for hydroxylation is 3. The summed E-state index contributed by atoms with van der Waals surface area (Å²) in [6, 6.07) is 7.87. The second-order valence-corrected chi connectivity index (χ2v) is 7.83. The third-order valence-electron chi connectivity index (χ3n) is 4.98. The van der Waals surface area contributed by atoms with Crippen LogP contribution in [0.1, 0.15) is 35.3 Å². The standard InChI is InChI=1S/C20H20N2O3S/c1-12-6-2-3-7-13(12)18-21-19-17(14-8-4-9-15(14)26-19)20(25)22(18)11-5-10-16(23)24/h2-3,6-7H,4-5,8-11H2,1H3,(H,23,24). The quantitative estimate of drug-likeness (QED) is 0.744. The number of carboxylic acids is 1. The number of fused-ring (bicyclic) bond motifs is 3. The first kappa shape index (κ1) is 17.0. The molecule has 134 valence electrons. The number of aliphatic carboxylic acids is 1. The van der Waals surface area contributed by atoms with Crippen molar-refractivity contribution in [2.75, 3.05) is 0 Å². The van der Waals surface area contributed by atoms with E-state index in [1.165, 1.54) is 4.88 Å². The van der Waals surface area contributed by atoms with E-state index in [0.717, 1.165) is 46.2 Å². The lowest BCUT2D eigenvalue weighted by atomic mass is 10.1. The Labute approximate surface area is 154 Å². The van der Waals surface area contributed by atoms with Crippen LogP contribution in [0.4, 0.5) is 0 Å². The lowest BCUT2D eigenvalue weighted by Crippen LogP contribution is -2.24. The van der Waals surface area contributed by atoms with E-state index in [2.05, 4.69) is 0 Å². The first-order chi connectivity index (χ1) is 12.6. The number of benzene rings is 1. The van der Waals surface area contributed by atoms with E-state index in [4.69, 9.17) is 10.1 Å². The number of rotatable bonds is 5. The fourth-order valence-electron chi connectivity index (χ4n) is 3.70. The van der Waals surface area contributed by atoms with Gasteiger partial charge in [0.15, 0.2) is 0 Å². The molecular weight excluding hydrogens is 348 g/mol. The van der Waals surface area contributed by atoms with Gasteiger partial charge in [0.25, 0.3) is 5.56 Å². The molecule has 1 aromatic carbocycles. The Morgan fingerprint density at radius 1 is 1.31 bits per heavy atom. The number of carbonyl (C=O) groups is 1. The Bertz CT molecular complexity index is 1060. The summed E-state index contributed by atoms with van der Waals surface area (Å²) in [5.41, 5.74) is 3.11. The molecule has 3 aromatic rings. The highest BCUT2D eigenvalue weighted by molar-refractivity contribution is 7.18. The van der Waals surface area contributed by atoms with Crippen LogP contribution >= 0.6 is 11.3 Å². The first-order valence-electron chi connectivity index (χ1n) is 8.89. The second kappa shape index (κ2) is 6.68. The average Bonchev–Trinajstić information content (AvgIpc) is 3.17. The minimum atomic E-state index is -0.846. The van der Waals surface area contributed by atoms with Gasteiger partial charge in [0.2, 0.25) is 0 Å². The third-order valence-corrected chi connectivity index (χ3v) is 6.17. The normalized spacial score (nSPS) is 13.3. The van der Waals surface area contributed by atoms with E-state index in [1.54, 1.807) is 15.9 Å². The largest absolute Gasteiger partial charge is 0.481 e. The molecule has 4 rings (SSSR count). The van der Waals surface area contributed by atoms with Crippen molar-refractivity contribution in [3.63, 3.8) is 0 Å². The molecule has 1 N–H and O–H groups in total. The fraction of sp³-hybridized carbons (Fsp3) is 0.350. The molecule has 0 saturated heterocycles. The smallest absolute Gasteiger partial charge is 0.303 e. The molecule has 6 heteroatoms. The summed E-state index contributed by atoms with van der Waals surface area (Å²) in [5, 5.41) is 9.70. The van der Waals surface area contributed by atoms with Gasteiger partial charge in [0, 0.05) is 23.4 Å². The Morgan fingerprint density at radius 2 is 2.12 bits per heavy atom. The van der Waals surface area contributed by atoms with Gasteiger partial charge in [-0.15, -0.1) is 11.3 Å². The summed E-state index contributed by atoms with van der Waals surface area (Å²) < 4.78 is 1.68. The Kier molecular flexibility index (Phi) is 4.36. The van der Waals surface area contributed by atoms with Crippen molar-refractivity contribution in [3.8, 4) is 11.4 Å². The fourth-order valence-corrected chi connectivity index (χ4v) is 4.95. The van der Waals surface area contributed by atoms with E-state index >= 15 is 0 Å². The van der Waals surface area contributed by atoms with Crippen molar-refractivity contribution < 1.29 is 9.90 Å². The summed E-state index contributed by atoms with van der Waals surface area (Å²) in [6.45, 7) is 2.37. The number of carboxylic acid groups (broad SMARTS) is 1. The number of aromatic nitrogens is 2. The predicted molar refractivity (Wildman–Crippen MR) is 103 cm³/mol. The van der Waals surface area contributed by atoms with Gasteiger partial charge in [-0.2, -0.15) is 0 Å². The lowest BCUT2D eigenvalue weighted by molar-refractivity contribution is -0.137. The molecule has 0 aliphatic heterocycles. The molecule has 2 aromatic heterocycles. The highest BCUT2D eigenvalue weighted by atomic mass is 32.1. The summed E-state index contributed by atoms with van der Waals surface area (Å²) in [4.78, 5) is 31.2. The van der Waals surface area contributed by atoms with Crippen LogP contribution in [-0.4, -0.2) is 20.6 Å². The van der Waals surface area contributed by atoms with E-state index in [-0.39, 0.29) is 12.0 Å². The number of thiophene rings is 1. The zero-order chi connectivity index (χ0) is 18.3. The molecule has 1 aliphatic carbocycles. The Hall–Kier alpha value is -2.47. The van der Waals surface area contributed by atoms with Crippen LogP contribution < -0.4 is 5.56 Å². The maximum absolute atomic E-state index is 13.3. The van der Waals surface area contributed by atoms with Crippen LogP contribution in [0, 0.1) is 6.92 Å². The molecule has 2 heterocycles. The van der Waals surface area contributed by atoms with Gasteiger partial charge in [0.05, 0.1) is 5.39 Å². The highest BCUT2D eigenvalue weighted by Gasteiger charge is 2.23. The molecule has 0 amide bonds. The van der Waals surface area contributed by atoms with E-state index in [1.807, 2.05) is 31.2 Å². The van der Waals surface area contributed by atoms with Crippen molar-refractivity contribution >= 4 is 27.5 Å². The predicted octanol–water partition coefficient (Wildman–Crippen LogP) is 3.79. The van der Waals surface area contributed by atoms with Gasteiger partial charge in [-0.25, -0.2) is 4.98 Å². The lowest BCUT2D eigenvalue weighted by Gasteiger charge is -2.14. The van der Waals surface area contributed by atoms with Crippen LogP contribution in [0.25, 0.3) is 21.6 Å². The topological polar surface area (TPSA) is 72.2 Å². The molecular formula is C20H20N2O3S. The van der Waals surface area contributed by atoms with E-state index < -0.39 is 5.97 Å². The third kappa shape index (κ3) is 2.84. The van der Waals surface area contributed by atoms with Crippen LogP contribution in [0.15, 0.2) is 29.1 Å². The zero-order valence-electron chi connectivity index (χ0n) is 14.6. The van der Waals surface area contributed by atoms with Crippen molar-refractivity contribution in [2.45, 2.75) is 45.6 Å². The maximum atomic E-state index is 13.3. The summed E-state index contributed by atoms with van der Waals surface area (Å²) in [5.74, 6) is -0.202. The van der Waals surface area contributed by atoms with Crippen LogP contribution in [0.5, 0.6) is 0 Å². The molecule has 0 unspecified atom stereocenters. The molecule has 0 bridgehead atoms. The molecule has 0 fully saturated rings. The van der Waals surface area contributed by atoms with Gasteiger partial charge < -0.3 is 5.11 Å². The Morgan fingerprint density at radius 3 is 2.88 bits per heavy atom. The van der Waals surface area contributed by atoms with Crippen LogP contribution in [-0.2, 0) is 24.2 Å². The van der Waals surface area contributed by atoms with Gasteiger partial charge in [-0.05, 0) is 43.7 Å².